The summed E-state index contributed by atoms with van der Waals surface area (Å²) in [6.07, 6.45) is 0.681. The van der Waals surface area contributed by atoms with Gasteiger partial charge in [0.1, 0.15) is 0 Å². The maximum absolute atomic E-state index is 11.3. The van der Waals surface area contributed by atoms with Crippen LogP contribution in [-0.2, 0) is 9.53 Å². The molecule has 4 nitrogen and oxygen atoms in total. The van der Waals surface area contributed by atoms with Crippen LogP contribution in [0.2, 0.25) is 0 Å². The number of aromatic amines is 1. The van der Waals surface area contributed by atoms with Crippen molar-refractivity contribution in [2.75, 3.05) is 7.11 Å². The number of aliphatic hydroxyl groups excluding tert-OH is 1. The van der Waals surface area contributed by atoms with Gasteiger partial charge in [-0.1, -0.05) is 25.1 Å². The Morgan fingerprint density at radius 3 is 2.82 bits per heavy atom. The van der Waals surface area contributed by atoms with Crippen LogP contribution in [0.5, 0.6) is 0 Å². The van der Waals surface area contributed by atoms with E-state index in [1.54, 1.807) is 6.92 Å². The van der Waals surface area contributed by atoms with Gasteiger partial charge < -0.3 is 14.8 Å². The van der Waals surface area contributed by atoms with E-state index in [9.17, 15) is 9.90 Å². The topological polar surface area (TPSA) is 62.3 Å². The van der Waals surface area contributed by atoms with Gasteiger partial charge in [0, 0.05) is 23.0 Å². The zero-order chi connectivity index (χ0) is 12.4. The molecule has 2 N–H and O–H groups in total. The first-order valence-corrected chi connectivity index (χ1v) is 5.47. The minimum absolute atomic E-state index is 0.307. The first-order valence-electron chi connectivity index (χ1n) is 5.47. The molecule has 0 bridgehead atoms. The van der Waals surface area contributed by atoms with Crippen LogP contribution < -0.4 is 0 Å². The van der Waals surface area contributed by atoms with Crippen LogP contribution >= 0.6 is 0 Å². The van der Waals surface area contributed by atoms with Crippen molar-refractivity contribution in [2.45, 2.75) is 18.9 Å². The predicted octanol–water partition coefficient (Wildman–Crippen LogP) is 1.81. The smallest absolute Gasteiger partial charge is 0.335 e. The Morgan fingerprint density at radius 2 is 2.12 bits per heavy atom. The molecule has 0 saturated heterocycles. The average Bonchev–Trinajstić information content (AvgIpc) is 2.79. The number of benzene rings is 1. The number of esters is 1. The molecule has 0 saturated carbocycles. The van der Waals surface area contributed by atoms with Crippen molar-refractivity contribution in [3.8, 4) is 0 Å². The molecule has 0 radical (unpaired) electrons. The van der Waals surface area contributed by atoms with Gasteiger partial charge in [0.25, 0.3) is 0 Å². The fourth-order valence-corrected chi connectivity index (χ4v) is 1.97. The Bertz CT molecular complexity index is 532. The van der Waals surface area contributed by atoms with Crippen LogP contribution in [0.4, 0.5) is 0 Å². The highest BCUT2D eigenvalue weighted by Gasteiger charge is 2.26. The molecule has 0 amide bonds. The Balaban J connectivity index is 2.36. The standard InChI is InChI=1S/C13H15NO3/c1-8(12(15)13(16)17-2)10-7-14-11-6-4-3-5-9(10)11/h3-8,12,14-15H,1-2H3. The number of hydrogen-bond acceptors (Lipinski definition) is 3. The largest absolute Gasteiger partial charge is 0.467 e. The van der Waals surface area contributed by atoms with E-state index in [0.29, 0.717) is 0 Å². The first kappa shape index (κ1) is 11.7. The highest BCUT2D eigenvalue weighted by Crippen LogP contribution is 2.27. The van der Waals surface area contributed by atoms with Gasteiger partial charge in [0.15, 0.2) is 6.10 Å². The minimum Gasteiger partial charge on any atom is -0.467 e. The normalized spacial score (nSPS) is 14.5. The summed E-state index contributed by atoms with van der Waals surface area (Å²) in [6, 6.07) is 7.78. The van der Waals surface area contributed by atoms with Crippen molar-refractivity contribution >= 4 is 16.9 Å². The molecule has 2 aromatic rings. The van der Waals surface area contributed by atoms with Gasteiger partial charge in [-0.2, -0.15) is 0 Å². The van der Waals surface area contributed by atoms with E-state index >= 15 is 0 Å². The Labute approximate surface area is 99.2 Å². The van der Waals surface area contributed by atoms with E-state index in [0.717, 1.165) is 16.5 Å². The molecule has 1 aromatic heterocycles. The lowest BCUT2D eigenvalue weighted by molar-refractivity contribution is -0.151. The van der Waals surface area contributed by atoms with E-state index in [-0.39, 0.29) is 5.92 Å². The number of carbonyl (C=O) groups is 1. The van der Waals surface area contributed by atoms with Crippen molar-refractivity contribution in [3.63, 3.8) is 0 Å². The number of nitrogens with one attached hydrogen (secondary N) is 1. The lowest BCUT2D eigenvalue weighted by Crippen LogP contribution is -2.27. The average molecular weight is 233 g/mol. The third kappa shape index (κ3) is 2.03. The van der Waals surface area contributed by atoms with Crippen molar-refractivity contribution in [1.29, 1.82) is 0 Å². The molecule has 0 aliphatic heterocycles. The van der Waals surface area contributed by atoms with Crippen molar-refractivity contribution in [2.24, 2.45) is 0 Å². The number of ether oxygens (including phenoxy) is 1. The molecule has 1 aromatic carbocycles. The lowest BCUT2D eigenvalue weighted by atomic mass is 9.95. The maximum atomic E-state index is 11.3. The van der Waals surface area contributed by atoms with Gasteiger partial charge in [-0.3, -0.25) is 0 Å². The van der Waals surface area contributed by atoms with Crippen LogP contribution in [-0.4, -0.2) is 29.3 Å². The lowest BCUT2D eigenvalue weighted by Gasteiger charge is -2.16. The zero-order valence-corrected chi connectivity index (χ0v) is 9.81. The molecule has 2 atom stereocenters. The molecule has 0 fully saturated rings. The maximum Gasteiger partial charge on any atom is 0.335 e. The second-order valence-corrected chi connectivity index (χ2v) is 4.05. The number of methoxy groups -OCH3 is 1. The summed E-state index contributed by atoms with van der Waals surface area (Å²) in [6.45, 7) is 1.80. The van der Waals surface area contributed by atoms with E-state index in [1.807, 2.05) is 30.5 Å². The van der Waals surface area contributed by atoms with Gasteiger partial charge in [0.05, 0.1) is 7.11 Å². The molecule has 2 unspecified atom stereocenters. The molecule has 17 heavy (non-hydrogen) atoms. The Kier molecular flexibility index (Phi) is 3.15. The molecule has 1 heterocycles. The summed E-state index contributed by atoms with van der Waals surface area (Å²) in [7, 11) is 1.27. The number of H-pyrrole nitrogens is 1. The quantitative estimate of drug-likeness (QED) is 0.795. The molecular formula is C13H15NO3. The second-order valence-electron chi connectivity index (χ2n) is 4.05. The summed E-state index contributed by atoms with van der Waals surface area (Å²) in [5.74, 6) is -0.915. The van der Waals surface area contributed by atoms with Gasteiger partial charge >= 0.3 is 5.97 Å². The van der Waals surface area contributed by atoms with Crippen LogP contribution in [0.1, 0.15) is 18.4 Å². The Morgan fingerprint density at radius 1 is 1.41 bits per heavy atom. The van der Waals surface area contributed by atoms with Crippen LogP contribution in [0, 0.1) is 0 Å². The summed E-state index contributed by atoms with van der Waals surface area (Å²) < 4.78 is 4.54. The number of hydrogen-bond donors (Lipinski definition) is 2. The Hall–Kier alpha value is -1.81. The predicted molar refractivity (Wildman–Crippen MR) is 64.7 cm³/mol. The molecule has 90 valence electrons. The molecular weight excluding hydrogens is 218 g/mol. The highest BCUT2D eigenvalue weighted by molar-refractivity contribution is 5.85. The minimum atomic E-state index is -1.14. The number of para-hydroxylation sites is 1. The second kappa shape index (κ2) is 4.59. The number of fused-ring (bicyclic) bond motifs is 1. The van der Waals surface area contributed by atoms with E-state index in [2.05, 4.69) is 9.72 Å². The zero-order valence-electron chi connectivity index (χ0n) is 9.81. The summed E-state index contributed by atoms with van der Waals surface area (Å²) >= 11 is 0. The van der Waals surface area contributed by atoms with Crippen LogP contribution in [0.15, 0.2) is 30.5 Å². The molecule has 0 aliphatic carbocycles. The highest BCUT2D eigenvalue weighted by atomic mass is 16.5. The third-order valence-electron chi connectivity index (χ3n) is 3.03. The summed E-state index contributed by atoms with van der Waals surface area (Å²) in [5.41, 5.74) is 1.91. The summed E-state index contributed by atoms with van der Waals surface area (Å²) in [4.78, 5) is 14.4. The van der Waals surface area contributed by atoms with Crippen LogP contribution in [0.3, 0.4) is 0 Å². The monoisotopic (exact) mass is 233 g/mol. The van der Waals surface area contributed by atoms with Crippen molar-refractivity contribution < 1.29 is 14.6 Å². The number of aliphatic hydroxyl groups is 1. The van der Waals surface area contributed by atoms with E-state index in [4.69, 9.17) is 0 Å². The molecule has 0 aliphatic rings. The fourth-order valence-electron chi connectivity index (χ4n) is 1.97. The SMILES string of the molecule is COC(=O)C(O)C(C)c1c[nH]c2ccccc12. The van der Waals surface area contributed by atoms with E-state index in [1.165, 1.54) is 7.11 Å². The number of aromatic nitrogens is 1. The molecule has 0 spiro atoms. The summed E-state index contributed by atoms with van der Waals surface area (Å²) in [5, 5.41) is 10.8. The number of carbonyl (C=O) groups excluding carboxylic acids is 1. The first-order chi connectivity index (χ1) is 8.15. The van der Waals surface area contributed by atoms with Gasteiger partial charge in [-0.05, 0) is 11.6 Å². The van der Waals surface area contributed by atoms with Gasteiger partial charge in [-0.15, -0.1) is 0 Å². The fraction of sp³-hybridized carbons (Fsp3) is 0.308. The third-order valence-corrected chi connectivity index (χ3v) is 3.03. The van der Waals surface area contributed by atoms with Crippen molar-refractivity contribution in [1.82, 2.24) is 4.98 Å². The van der Waals surface area contributed by atoms with Gasteiger partial charge in [0.2, 0.25) is 0 Å². The van der Waals surface area contributed by atoms with Crippen LogP contribution in [0.25, 0.3) is 10.9 Å². The van der Waals surface area contributed by atoms with Gasteiger partial charge in [-0.25, -0.2) is 4.79 Å². The molecule has 4 heteroatoms. The van der Waals surface area contributed by atoms with Crippen molar-refractivity contribution in [3.05, 3.63) is 36.0 Å². The number of rotatable bonds is 3. The molecule has 2 rings (SSSR count). The van der Waals surface area contributed by atoms with E-state index < -0.39 is 12.1 Å².